The first-order valence-electron chi connectivity index (χ1n) is 5.15. The Morgan fingerprint density at radius 3 is 3.00 bits per heavy atom. The van der Waals surface area contributed by atoms with E-state index in [2.05, 4.69) is 10.3 Å². The Hall–Kier alpha value is -1.36. The molecule has 0 aliphatic heterocycles. The lowest BCUT2D eigenvalue weighted by molar-refractivity contribution is -0.118. The molecule has 5 heteroatoms. The first-order chi connectivity index (χ1) is 7.20. The van der Waals surface area contributed by atoms with Gasteiger partial charge in [-0.25, -0.2) is 4.98 Å². The lowest BCUT2D eigenvalue weighted by atomic mass is 10.3. The summed E-state index contributed by atoms with van der Waals surface area (Å²) in [6.07, 6.45) is 5.89. The van der Waals surface area contributed by atoms with E-state index in [0.717, 1.165) is 31.8 Å². The second-order valence-electron chi connectivity index (χ2n) is 3.52. The van der Waals surface area contributed by atoms with Gasteiger partial charge in [-0.05, 0) is 13.0 Å². The van der Waals surface area contributed by atoms with Crippen LogP contribution in [0, 0.1) is 0 Å². The molecule has 0 aliphatic rings. The normalized spacial score (nSPS) is 10.5. The number of hydrogen-bond acceptors (Lipinski definition) is 3. The number of carbonyl (C=O) groups excluding carboxylic acids is 1. The molecule has 0 fully saturated rings. The Morgan fingerprint density at radius 2 is 2.40 bits per heavy atom. The molecular weight excluding hydrogens is 192 g/mol. The average Bonchev–Trinajstić information content (AvgIpc) is 2.57. The number of nitrogens with two attached hydrogens (primary N) is 1. The minimum Gasteiger partial charge on any atom is -0.370 e. The molecule has 0 aromatic carbocycles. The van der Waals surface area contributed by atoms with Crippen molar-refractivity contribution in [3.05, 3.63) is 18.2 Å². The number of amides is 1. The standard InChI is InChI=1S/C10H18N4O/c1-14-8-7-13-10(14)4-6-12-5-2-3-9(11)15/h7-8,12H,2-6H2,1H3,(H2,11,15). The molecule has 1 amide bonds. The maximum absolute atomic E-state index is 10.4. The molecule has 1 heterocycles. The summed E-state index contributed by atoms with van der Waals surface area (Å²) < 4.78 is 2.01. The molecule has 0 saturated carbocycles. The van der Waals surface area contributed by atoms with Crippen molar-refractivity contribution in [1.29, 1.82) is 0 Å². The predicted octanol–water partition coefficient (Wildman–Crippen LogP) is -0.182. The number of aromatic nitrogens is 2. The first kappa shape index (κ1) is 11.7. The van der Waals surface area contributed by atoms with Gasteiger partial charge >= 0.3 is 0 Å². The molecular formula is C10H18N4O. The van der Waals surface area contributed by atoms with Crippen LogP contribution >= 0.6 is 0 Å². The number of imidazole rings is 1. The molecule has 84 valence electrons. The summed E-state index contributed by atoms with van der Waals surface area (Å²) in [6, 6.07) is 0. The molecule has 0 saturated heterocycles. The maximum Gasteiger partial charge on any atom is 0.217 e. The smallest absolute Gasteiger partial charge is 0.217 e. The summed E-state index contributed by atoms with van der Waals surface area (Å²) in [5, 5.41) is 3.25. The zero-order valence-electron chi connectivity index (χ0n) is 9.07. The number of carbonyl (C=O) groups is 1. The topological polar surface area (TPSA) is 72.9 Å². The average molecular weight is 210 g/mol. The number of primary amides is 1. The molecule has 0 bridgehead atoms. The lowest BCUT2D eigenvalue weighted by Gasteiger charge is -2.03. The number of hydrogen-bond donors (Lipinski definition) is 2. The highest BCUT2D eigenvalue weighted by Crippen LogP contribution is 1.94. The molecule has 0 aliphatic carbocycles. The fraction of sp³-hybridized carbons (Fsp3) is 0.600. The Morgan fingerprint density at radius 1 is 1.60 bits per heavy atom. The molecule has 1 aromatic rings. The highest BCUT2D eigenvalue weighted by Gasteiger charge is 1.98. The van der Waals surface area contributed by atoms with Gasteiger partial charge in [-0.3, -0.25) is 4.79 Å². The van der Waals surface area contributed by atoms with Crippen LogP contribution < -0.4 is 11.1 Å². The molecule has 0 unspecified atom stereocenters. The second-order valence-corrected chi connectivity index (χ2v) is 3.52. The van der Waals surface area contributed by atoms with E-state index in [4.69, 9.17) is 5.73 Å². The van der Waals surface area contributed by atoms with Gasteiger partial charge in [-0.1, -0.05) is 0 Å². The summed E-state index contributed by atoms with van der Waals surface area (Å²) in [7, 11) is 1.98. The predicted molar refractivity (Wildman–Crippen MR) is 58.2 cm³/mol. The third-order valence-corrected chi connectivity index (χ3v) is 2.22. The summed E-state index contributed by atoms with van der Waals surface area (Å²) in [5.74, 6) is 0.832. The molecule has 1 rings (SSSR count). The number of nitrogens with one attached hydrogen (secondary N) is 1. The minimum absolute atomic E-state index is 0.235. The number of aryl methyl sites for hydroxylation is 1. The van der Waals surface area contributed by atoms with Gasteiger partial charge in [-0.2, -0.15) is 0 Å². The fourth-order valence-electron chi connectivity index (χ4n) is 1.35. The van der Waals surface area contributed by atoms with E-state index < -0.39 is 0 Å². The van der Waals surface area contributed by atoms with Crippen molar-refractivity contribution in [3.63, 3.8) is 0 Å². The van der Waals surface area contributed by atoms with Gasteiger partial charge < -0.3 is 15.6 Å². The van der Waals surface area contributed by atoms with E-state index in [-0.39, 0.29) is 5.91 Å². The number of nitrogens with zero attached hydrogens (tertiary/aromatic N) is 2. The van der Waals surface area contributed by atoms with Crippen molar-refractivity contribution in [2.45, 2.75) is 19.3 Å². The quantitative estimate of drug-likeness (QED) is 0.613. The van der Waals surface area contributed by atoms with Crippen molar-refractivity contribution in [3.8, 4) is 0 Å². The highest BCUT2D eigenvalue weighted by molar-refractivity contribution is 5.73. The van der Waals surface area contributed by atoms with Crippen molar-refractivity contribution >= 4 is 5.91 Å². The maximum atomic E-state index is 10.4. The van der Waals surface area contributed by atoms with E-state index in [1.54, 1.807) is 6.20 Å². The van der Waals surface area contributed by atoms with Gasteiger partial charge in [0.2, 0.25) is 5.91 Å². The van der Waals surface area contributed by atoms with Crippen LogP contribution in [0.3, 0.4) is 0 Å². The van der Waals surface area contributed by atoms with Crippen LogP contribution in [0.4, 0.5) is 0 Å². The van der Waals surface area contributed by atoms with Crippen LogP contribution in [0.5, 0.6) is 0 Å². The van der Waals surface area contributed by atoms with Crippen LogP contribution in [-0.2, 0) is 18.3 Å². The zero-order valence-corrected chi connectivity index (χ0v) is 9.07. The lowest BCUT2D eigenvalue weighted by Crippen LogP contribution is -2.21. The van der Waals surface area contributed by atoms with Gasteiger partial charge in [0.1, 0.15) is 5.82 Å². The van der Waals surface area contributed by atoms with E-state index in [0.29, 0.717) is 6.42 Å². The van der Waals surface area contributed by atoms with Crippen LogP contribution in [0.25, 0.3) is 0 Å². The summed E-state index contributed by atoms with van der Waals surface area (Å²) in [5.41, 5.74) is 5.02. The van der Waals surface area contributed by atoms with Crippen molar-refractivity contribution in [2.24, 2.45) is 12.8 Å². The fourth-order valence-corrected chi connectivity index (χ4v) is 1.35. The summed E-state index contributed by atoms with van der Waals surface area (Å²) in [4.78, 5) is 14.7. The van der Waals surface area contributed by atoms with Crippen molar-refractivity contribution < 1.29 is 4.79 Å². The van der Waals surface area contributed by atoms with Crippen LogP contribution in [0.15, 0.2) is 12.4 Å². The van der Waals surface area contributed by atoms with E-state index in [9.17, 15) is 4.79 Å². The van der Waals surface area contributed by atoms with Crippen LogP contribution in [-0.4, -0.2) is 28.5 Å². The van der Waals surface area contributed by atoms with Gasteiger partial charge in [0, 0.05) is 38.8 Å². The van der Waals surface area contributed by atoms with E-state index >= 15 is 0 Å². The van der Waals surface area contributed by atoms with Crippen molar-refractivity contribution in [2.75, 3.05) is 13.1 Å². The summed E-state index contributed by atoms with van der Waals surface area (Å²) >= 11 is 0. The Kier molecular flexibility index (Phi) is 4.83. The molecule has 0 radical (unpaired) electrons. The van der Waals surface area contributed by atoms with Gasteiger partial charge in [0.15, 0.2) is 0 Å². The number of rotatable bonds is 7. The third-order valence-electron chi connectivity index (χ3n) is 2.22. The largest absolute Gasteiger partial charge is 0.370 e. The molecule has 0 spiro atoms. The van der Waals surface area contributed by atoms with Crippen LogP contribution in [0.1, 0.15) is 18.7 Å². The highest BCUT2D eigenvalue weighted by atomic mass is 16.1. The summed E-state index contributed by atoms with van der Waals surface area (Å²) in [6.45, 7) is 1.71. The Bertz CT molecular complexity index is 308. The molecule has 3 N–H and O–H groups in total. The molecule has 15 heavy (non-hydrogen) atoms. The Balaban J connectivity index is 2.03. The monoisotopic (exact) mass is 210 g/mol. The van der Waals surface area contributed by atoms with Gasteiger partial charge in [0.25, 0.3) is 0 Å². The third kappa shape index (κ3) is 4.60. The minimum atomic E-state index is -0.235. The van der Waals surface area contributed by atoms with Gasteiger partial charge in [0.05, 0.1) is 0 Å². The molecule has 1 aromatic heterocycles. The first-order valence-corrected chi connectivity index (χ1v) is 5.15. The SMILES string of the molecule is Cn1ccnc1CCNCCCC(N)=O. The Labute approximate surface area is 89.7 Å². The second kappa shape index (κ2) is 6.19. The van der Waals surface area contributed by atoms with E-state index in [1.165, 1.54) is 0 Å². The van der Waals surface area contributed by atoms with Gasteiger partial charge in [-0.15, -0.1) is 0 Å². The molecule has 0 atom stereocenters. The van der Waals surface area contributed by atoms with Crippen LogP contribution in [0.2, 0.25) is 0 Å². The van der Waals surface area contributed by atoms with E-state index in [1.807, 2.05) is 17.8 Å². The van der Waals surface area contributed by atoms with Crippen molar-refractivity contribution in [1.82, 2.24) is 14.9 Å². The zero-order chi connectivity index (χ0) is 11.1. The molecule has 5 nitrogen and oxygen atoms in total.